The zero-order chi connectivity index (χ0) is 19.1. The van der Waals surface area contributed by atoms with Crippen molar-refractivity contribution in [2.75, 3.05) is 5.32 Å². The predicted molar refractivity (Wildman–Crippen MR) is 105 cm³/mol. The smallest absolute Gasteiger partial charge is 0.284 e. The van der Waals surface area contributed by atoms with Gasteiger partial charge >= 0.3 is 0 Å². The minimum Gasteiger partial charge on any atom is -0.341 e. The first-order chi connectivity index (χ1) is 12.9. The molecule has 2 aromatic carbocycles. The first-order valence-corrected chi connectivity index (χ1v) is 9.74. The average molecular weight is 467 g/mol. The van der Waals surface area contributed by atoms with E-state index in [0.717, 1.165) is 3.79 Å². The number of aromatic nitrogens is 1. The van der Waals surface area contributed by atoms with E-state index in [0.29, 0.717) is 27.4 Å². The van der Waals surface area contributed by atoms with E-state index in [1.54, 1.807) is 18.2 Å². The van der Waals surface area contributed by atoms with Crippen molar-refractivity contribution in [3.63, 3.8) is 0 Å². The summed E-state index contributed by atoms with van der Waals surface area (Å²) in [5, 5.41) is 6.18. The molecule has 0 aliphatic carbocycles. The fourth-order valence-corrected chi connectivity index (χ4v) is 4.30. The minimum absolute atomic E-state index is 0.275. The van der Waals surface area contributed by atoms with Crippen molar-refractivity contribution in [3.8, 4) is 0 Å². The largest absolute Gasteiger partial charge is 0.341 e. The number of anilines is 1. The van der Waals surface area contributed by atoms with Gasteiger partial charge in [0.25, 0.3) is 11.8 Å². The summed E-state index contributed by atoms with van der Waals surface area (Å²) in [5.41, 5.74) is 1.80. The van der Waals surface area contributed by atoms with E-state index in [2.05, 4.69) is 31.5 Å². The third-order valence-electron chi connectivity index (χ3n) is 4.10. The zero-order valence-corrected chi connectivity index (χ0v) is 16.6. The molecule has 2 heterocycles. The fraction of sp³-hybridized carbons (Fsp3) is 0.0556. The van der Waals surface area contributed by atoms with Crippen LogP contribution in [0.25, 0.3) is 0 Å². The van der Waals surface area contributed by atoms with Crippen LogP contribution in [0.4, 0.5) is 10.1 Å². The van der Waals surface area contributed by atoms with Gasteiger partial charge in [-0.1, -0.05) is 17.7 Å². The molecule has 1 aromatic heterocycles. The summed E-state index contributed by atoms with van der Waals surface area (Å²) >= 11 is 10.7. The molecule has 0 spiro atoms. The molecule has 1 atom stereocenters. The van der Waals surface area contributed by atoms with Crippen LogP contribution in [0.3, 0.4) is 0 Å². The summed E-state index contributed by atoms with van der Waals surface area (Å²) in [6, 6.07) is 8.28. The Kier molecular flexibility index (Phi) is 4.71. The van der Waals surface area contributed by atoms with Crippen molar-refractivity contribution in [2.45, 2.75) is 6.04 Å². The van der Waals surface area contributed by atoms with Crippen molar-refractivity contribution in [1.29, 1.82) is 0 Å². The maximum absolute atomic E-state index is 13.8. The minimum atomic E-state index is -0.671. The van der Waals surface area contributed by atoms with Crippen LogP contribution >= 0.6 is 38.9 Å². The molecule has 136 valence electrons. The van der Waals surface area contributed by atoms with Crippen molar-refractivity contribution in [3.05, 3.63) is 78.9 Å². The number of hydrogen-bond donors (Lipinski definition) is 2. The third-order valence-corrected chi connectivity index (χ3v) is 5.92. The molecule has 0 saturated carbocycles. The van der Waals surface area contributed by atoms with E-state index < -0.39 is 17.8 Å². The monoisotopic (exact) mass is 465 g/mol. The maximum atomic E-state index is 13.8. The topological polar surface area (TPSA) is 71.1 Å². The molecule has 0 fully saturated rings. The number of hydrogen-bond acceptors (Lipinski definition) is 4. The summed E-state index contributed by atoms with van der Waals surface area (Å²) in [4.78, 5) is 28.9. The number of halogens is 3. The molecule has 1 aliphatic rings. The van der Waals surface area contributed by atoms with Gasteiger partial charge in [-0.2, -0.15) is 0 Å². The maximum Gasteiger partial charge on any atom is 0.284 e. The van der Waals surface area contributed by atoms with E-state index in [-0.39, 0.29) is 10.9 Å². The van der Waals surface area contributed by atoms with Gasteiger partial charge in [-0.3, -0.25) is 9.59 Å². The van der Waals surface area contributed by atoms with Crippen LogP contribution in [0.15, 0.2) is 46.4 Å². The van der Waals surface area contributed by atoms with Gasteiger partial charge in [0.05, 0.1) is 16.0 Å². The highest BCUT2D eigenvalue weighted by Gasteiger charge is 2.34. The molecule has 3 aromatic rings. The van der Waals surface area contributed by atoms with Crippen molar-refractivity contribution in [1.82, 2.24) is 10.3 Å². The van der Waals surface area contributed by atoms with Crippen LogP contribution in [0.2, 0.25) is 5.02 Å². The Labute approximate surface area is 170 Å². The lowest BCUT2D eigenvalue weighted by Crippen LogP contribution is -2.21. The molecule has 2 amide bonds. The van der Waals surface area contributed by atoms with Crippen LogP contribution in [-0.2, 0) is 0 Å². The lowest BCUT2D eigenvalue weighted by atomic mass is 9.96. The van der Waals surface area contributed by atoms with Crippen LogP contribution < -0.4 is 10.6 Å². The van der Waals surface area contributed by atoms with Gasteiger partial charge in [-0.25, -0.2) is 9.37 Å². The second kappa shape index (κ2) is 7.03. The molecule has 9 heteroatoms. The molecule has 5 nitrogen and oxygen atoms in total. The van der Waals surface area contributed by atoms with E-state index in [4.69, 9.17) is 11.6 Å². The number of carbonyl (C=O) groups is 2. The highest BCUT2D eigenvalue weighted by molar-refractivity contribution is 9.11. The van der Waals surface area contributed by atoms with Gasteiger partial charge in [-0.05, 0) is 46.3 Å². The standard InChI is InChI=1S/C18H10BrClFN3O2S/c19-13-7-22-18(27-13)17(26)23-12-3-1-2-9-14(12)15(24-16(9)25)10-6-8(21)4-5-11(10)20/h1-7,15H,(H,23,26)(H,24,25). The first kappa shape index (κ1) is 18.1. The fourth-order valence-electron chi connectivity index (χ4n) is 2.97. The second-order valence-electron chi connectivity index (χ2n) is 5.76. The molecule has 0 bridgehead atoms. The van der Waals surface area contributed by atoms with Crippen molar-refractivity contribution < 1.29 is 14.0 Å². The summed E-state index contributed by atoms with van der Waals surface area (Å²) in [7, 11) is 0. The van der Waals surface area contributed by atoms with Gasteiger partial charge in [0, 0.05) is 27.4 Å². The van der Waals surface area contributed by atoms with Crippen LogP contribution in [0, 0.1) is 5.82 Å². The van der Waals surface area contributed by atoms with Gasteiger partial charge in [-0.15, -0.1) is 11.3 Å². The summed E-state index contributed by atoms with van der Waals surface area (Å²) < 4.78 is 14.5. The Morgan fingerprint density at radius 3 is 2.89 bits per heavy atom. The van der Waals surface area contributed by atoms with Gasteiger partial charge in [0.1, 0.15) is 5.82 Å². The predicted octanol–water partition coefficient (Wildman–Crippen LogP) is 4.78. The Balaban J connectivity index is 1.77. The van der Waals surface area contributed by atoms with Crippen LogP contribution in [0.1, 0.15) is 37.3 Å². The van der Waals surface area contributed by atoms with Crippen LogP contribution in [-0.4, -0.2) is 16.8 Å². The number of nitrogens with one attached hydrogen (secondary N) is 2. The average Bonchev–Trinajstić information content (AvgIpc) is 3.22. The lowest BCUT2D eigenvalue weighted by Gasteiger charge is -2.17. The van der Waals surface area contributed by atoms with Crippen molar-refractivity contribution in [2.24, 2.45) is 0 Å². The second-order valence-corrected chi connectivity index (χ2v) is 8.58. The zero-order valence-electron chi connectivity index (χ0n) is 13.4. The number of fused-ring (bicyclic) bond motifs is 1. The Morgan fingerprint density at radius 1 is 1.33 bits per heavy atom. The summed E-state index contributed by atoms with van der Waals surface area (Å²) in [6.45, 7) is 0. The first-order valence-electron chi connectivity index (χ1n) is 7.75. The lowest BCUT2D eigenvalue weighted by molar-refractivity contribution is 0.0959. The van der Waals surface area contributed by atoms with Gasteiger partial charge in [0.2, 0.25) is 0 Å². The SMILES string of the molecule is O=C(Nc1cccc2c1C(c1cc(F)ccc1Cl)NC2=O)c1ncc(Br)s1. The molecule has 0 saturated heterocycles. The molecule has 2 N–H and O–H groups in total. The highest BCUT2D eigenvalue weighted by atomic mass is 79.9. The molecule has 1 unspecified atom stereocenters. The normalized spacial score (nSPS) is 15.4. The molecular weight excluding hydrogens is 457 g/mol. The number of thiazole rings is 1. The van der Waals surface area contributed by atoms with E-state index >= 15 is 0 Å². The molecule has 1 aliphatic heterocycles. The Morgan fingerprint density at radius 2 is 2.15 bits per heavy atom. The van der Waals surface area contributed by atoms with Gasteiger partial charge in [0.15, 0.2) is 5.01 Å². The number of carbonyl (C=O) groups excluding carboxylic acids is 2. The number of nitrogens with zero attached hydrogens (tertiary/aromatic N) is 1. The summed E-state index contributed by atoms with van der Waals surface area (Å²) in [5.74, 6) is -1.18. The molecule has 4 rings (SSSR count). The number of rotatable bonds is 3. The van der Waals surface area contributed by atoms with E-state index in [9.17, 15) is 14.0 Å². The van der Waals surface area contributed by atoms with Crippen molar-refractivity contribution >= 4 is 56.4 Å². The number of amides is 2. The van der Waals surface area contributed by atoms with E-state index in [1.165, 1.54) is 35.7 Å². The number of benzene rings is 2. The Bertz CT molecular complexity index is 1090. The van der Waals surface area contributed by atoms with E-state index in [1.807, 2.05) is 0 Å². The molecular formula is C18H10BrClFN3O2S. The Hall–Kier alpha value is -2.29. The molecule has 0 radical (unpaired) electrons. The quantitative estimate of drug-likeness (QED) is 0.583. The highest BCUT2D eigenvalue weighted by Crippen LogP contribution is 2.39. The van der Waals surface area contributed by atoms with Crippen LogP contribution in [0.5, 0.6) is 0 Å². The third kappa shape index (κ3) is 3.36. The molecule has 27 heavy (non-hydrogen) atoms. The van der Waals surface area contributed by atoms with Gasteiger partial charge < -0.3 is 10.6 Å². The summed E-state index contributed by atoms with van der Waals surface area (Å²) in [6.07, 6.45) is 1.54.